The summed E-state index contributed by atoms with van der Waals surface area (Å²) in [5.74, 6) is 0.297. The fourth-order valence-corrected chi connectivity index (χ4v) is 3.08. The molecule has 0 radical (unpaired) electrons. The number of thiol groups is 1. The van der Waals surface area contributed by atoms with Gasteiger partial charge in [0.05, 0.1) is 8.91 Å². The van der Waals surface area contributed by atoms with Gasteiger partial charge in [-0.05, 0) is 23.8 Å². The Labute approximate surface area is 90.2 Å². The van der Waals surface area contributed by atoms with Crippen molar-refractivity contribution in [3.63, 3.8) is 0 Å². The van der Waals surface area contributed by atoms with Gasteiger partial charge in [0, 0.05) is 4.90 Å². The fraction of sp³-hybridized carbons (Fsp3) is 0.111. The van der Waals surface area contributed by atoms with Crippen LogP contribution in [0.1, 0.15) is 0 Å². The number of phenolic OH excluding ortho intramolecular Hbond substituents is 1. The van der Waals surface area contributed by atoms with E-state index in [2.05, 4.69) is 18.7 Å². The van der Waals surface area contributed by atoms with Gasteiger partial charge < -0.3 is 5.11 Å². The highest BCUT2D eigenvalue weighted by Gasteiger charge is 2.07. The highest BCUT2D eigenvalue weighted by Crippen LogP contribution is 2.39. The van der Waals surface area contributed by atoms with E-state index in [9.17, 15) is 5.11 Å². The Balaban J connectivity index is 2.76. The van der Waals surface area contributed by atoms with Crippen molar-refractivity contribution in [2.45, 2.75) is 9.10 Å². The largest absolute Gasteiger partial charge is 0.505 e. The molecule has 0 spiro atoms. The molecular weight excluding hydrogens is 220 g/mol. The van der Waals surface area contributed by atoms with Crippen LogP contribution in [0.2, 0.25) is 0 Å². The lowest BCUT2D eigenvalue weighted by molar-refractivity contribution is 0.470. The Morgan fingerprint density at radius 3 is 2.92 bits per heavy atom. The molecule has 68 valence electrons. The number of thiophene rings is 1. The second kappa shape index (κ2) is 3.44. The third kappa shape index (κ3) is 1.54. The molecule has 1 aromatic heterocycles. The van der Waals surface area contributed by atoms with Crippen molar-refractivity contribution in [1.82, 2.24) is 0 Å². The van der Waals surface area contributed by atoms with Crippen molar-refractivity contribution in [1.29, 1.82) is 0 Å². The van der Waals surface area contributed by atoms with Gasteiger partial charge in [0.25, 0.3) is 0 Å². The lowest BCUT2D eigenvalue weighted by atomic mass is 10.2. The van der Waals surface area contributed by atoms with Crippen LogP contribution < -0.4 is 0 Å². The van der Waals surface area contributed by atoms with Crippen molar-refractivity contribution >= 4 is 45.8 Å². The molecule has 0 unspecified atom stereocenters. The van der Waals surface area contributed by atoms with Crippen LogP contribution in [0.5, 0.6) is 5.75 Å². The van der Waals surface area contributed by atoms with E-state index < -0.39 is 0 Å². The van der Waals surface area contributed by atoms with Gasteiger partial charge in [-0.3, -0.25) is 0 Å². The van der Waals surface area contributed by atoms with Gasteiger partial charge in [0.2, 0.25) is 0 Å². The fourth-order valence-electron chi connectivity index (χ4n) is 1.15. The molecule has 1 heterocycles. The maximum absolute atomic E-state index is 9.69. The summed E-state index contributed by atoms with van der Waals surface area (Å²) in [5, 5.41) is 10.8. The number of phenols is 1. The highest BCUT2D eigenvalue weighted by atomic mass is 32.2. The lowest BCUT2D eigenvalue weighted by Crippen LogP contribution is -1.68. The van der Waals surface area contributed by atoms with Crippen LogP contribution in [0.3, 0.4) is 0 Å². The van der Waals surface area contributed by atoms with Crippen LogP contribution in [0.15, 0.2) is 27.3 Å². The van der Waals surface area contributed by atoms with Crippen molar-refractivity contribution in [2.75, 3.05) is 6.26 Å². The van der Waals surface area contributed by atoms with E-state index in [4.69, 9.17) is 0 Å². The molecule has 4 heteroatoms. The Bertz CT molecular complexity index is 447. The first-order chi connectivity index (χ1) is 6.22. The number of aromatic hydroxyl groups is 1. The predicted molar refractivity (Wildman–Crippen MR) is 62.5 cm³/mol. The van der Waals surface area contributed by atoms with Crippen LogP contribution in [0.4, 0.5) is 0 Å². The van der Waals surface area contributed by atoms with E-state index >= 15 is 0 Å². The second-order valence-electron chi connectivity index (χ2n) is 2.62. The average Bonchev–Trinajstić information content (AvgIpc) is 2.55. The van der Waals surface area contributed by atoms with Gasteiger partial charge in [-0.2, -0.15) is 0 Å². The maximum Gasteiger partial charge on any atom is 0.146 e. The zero-order chi connectivity index (χ0) is 9.42. The van der Waals surface area contributed by atoms with Gasteiger partial charge in [-0.25, -0.2) is 0 Å². The normalized spacial score (nSPS) is 10.9. The minimum absolute atomic E-state index is 0.297. The molecular formula is C9H8OS3. The Hall–Kier alpha value is -0.320. The molecule has 0 aliphatic heterocycles. The van der Waals surface area contributed by atoms with Gasteiger partial charge in [0.1, 0.15) is 5.75 Å². The summed E-state index contributed by atoms with van der Waals surface area (Å²) in [6.07, 6.45) is 2.03. The van der Waals surface area contributed by atoms with Crippen LogP contribution in [-0.2, 0) is 0 Å². The summed E-state index contributed by atoms with van der Waals surface area (Å²) in [7, 11) is 0. The summed E-state index contributed by atoms with van der Waals surface area (Å²) in [5.41, 5.74) is 0. The van der Waals surface area contributed by atoms with Gasteiger partial charge in [0.15, 0.2) is 0 Å². The highest BCUT2D eigenvalue weighted by molar-refractivity contribution is 8.00. The Morgan fingerprint density at radius 1 is 1.46 bits per heavy atom. The minimum atomic E-state index is 0.297. The van der Waals surface area contributed by atoms with Crippen molar-refractivity contribution in [3.05, 3.63) is 18.2 Å². The molecule has 2 aromatic rings. The Kier molecular flexibility index (Phi) is 2.45. The zero-order valence-corrected chi connectivity index (χ0v) is 9.47. The molecule has 2 rings (SSSR count). The summed E-state index contributed by atoms with van der Waals surface area (Å²) < 4.78 is 2.14. The molecule has 0 bridgehead atoms. The second-order valence-corrected chi connectivity index (χ2v) is 5.26. The molecule has 0 atom stereocenters. The predicted octanol–water partition coefficient (Wildman–Crippen LogP) is 3.62. The molecule has 1 nitrogen and oxygen atoms in total. The van der Waals surface area contributed by atoms with Crippen LogP contribution in [0.25, 0.3) is 10.1 Å². The van der Waals surface area contributed by atoms with Crippen molar-refractivity contribution in [3.8, 4) is 5.75 Å². The number of hydrogen-bond acceptors (Lipinski definition) is 4. The molecule has 0 aliphatic carbocycles. The summed E-state index contributed by atoms with van der Waals surface area (Å²) in [6, 6.07) is 5.88. The van der Waals surface area contributed by atoms with E-state index in [0.717, 1.165) is 10.1 Å². The van der Waals surface area contributed by atoms with Crippen LogP contribution in [0, 0.1) is 0 Å². The molecule has 0 aliphatic rings. The number of rotatable bonds is 1. The molecule has 1 N–H and O–H groups in total. The van der Waals surface area contributed by atoms with Crippen molar-refractivity contribution < 1.29 is 5.11 Å². The molecule has 13 heavy (non-hydrogen) atoms. The SMILES string of the molecule is CSc1cc2ccc(S)c(O)c2s1. The molecule has 0 saturated heterocycles. The van der Waals surface area contributed by atoms with Gasteiger partial charge in [-0.1, -0.05) is 6.07 Å². The van der Waals surface area contributed by atoms with E-state index in [-0.39, 0.29) is 0 Å². The average molecular weight is 228 g/mol. The third-order valence-electron chi connectivity index (χ3n) is 1.82. The van der Waals surface area contributed by atoms with E-state index in [1.807, 2.05) is 18.4 Å². The van der Waals surface area contributed by atoms with E-state index in [0.29, 0.717) is 10.6 Å². The smallest absolute Gasteiger partial charge is 0.146 e. The molecule has 0 fully saturated rings. The van der Waals surface area contributed by atoms with Gasteiger partial charge >= 0.3 is 0 Å². The third-order valence-corrected chi connectivity index (χ3v) is 4.40. The first-order valence-electron chi connectivity index (χ1n) is 3.71. The quantitative estimate of drug-likeness (QED) is 0.574. The van der Waals surface area contributed by atoms with E-state index in [1.165, 1.54) is 4.21 Å². The standard InChI is InChI=1S/C9H8OS3/c1-12-7-4-5-2-3-6(11)8(10)9(5)13-7/h2-4,10-11H,1H3. The number of fused-ring (bicyclic) bond motifs is 1. The zero-order valence-electron chi connectivity index (χ0n) is 6.94. The number of thioether (sulfide) groups is 1. The summed E-state index contributed by atoms with van der Waals surface area (Å²) in [6.45, 7) is 0. The maximum atomic E-state index is 9.69. The van der Waals surface area contributed by atoms with E-state index in [1.54, 1.807) is 23.1 Å². The first kappa shape index (κ1) is 9.24. The van der Waals surface area contributed by atoms with Crippen molar-refractivity contribution in [2.24, 2.45) is 0 Å². The molecule has 0 amide bonds. The number of hydrogen-bond donors (Lipinski definition) is 2. The summed E-state index contributed by atoms with van der Waals surface area (Å²) >= 11 is 7.46. The first-order valence-corrected chi connectivity index (χ1v) is 6.19. The topological polar surface area (TPSA) is 20.2 Å². The molecule has 1 aromatic carbocycles. The van der Waals surface area contributed by atoms with Crippen LogP contribution >= 0.6 is 35.7 Å². The Morgan fingerprint density at radius 2 is 2.23 bits per heavy atom. The summed E-state index contributed by atoms with van der Waals surface area (Å²) in [4.78, 5) is 0.641. The van der Waals surface area contributed by atoms with Crippen LogP contribution in [-0.4, -0.2) is 11.4 Å². The monoisotopic (exact) mass is 228 g/mol. The minimum Gasteiger partial charge on any atom is -0.505 e. The lowest BCUT2D eigenvalue weighted by Gasteiger charge is -1.96. The number of benzene rings is 1. The molecule has 0 saturated carbocycles. The van der Waals surface area contributed by atoms with Gasteiger partial charge in [-0.15, -0.1) is 35.7 Å².